The van der Waals surface area contributed by atoms with Crippen molar-refractivity contribution in [2.45, 2.75) is 31.7 Å². The molecule has 78 valence electrons. The van der Waals surface area contributed by atoms with Gasteiger partial charge in [-0.3, -0.25) is 0 Å². The van der Waals surface area contributed by atoms with E-state index >= 15 is 0 Å². The molecule has 1 atom stereocenters. The molecule has 0 spiro atoms. The molecule has 0 saturated carbocycles. The van der Waals surface area contributed by atoms with Crippen molar-refractivity contribution in [1.82, 2.24) is 9.97 Å². The highest BCUT2D eigenvalue weighted by atomic mass is 16.5. The van der Waals surface area contributed by atoms with Crippen LogP contribution in [0.3, 0.4) is 0 Å². The first-order chi connectivity index (χ1) is 6.74. The number of nitrogens with two attached hydrogens (primary N) is 1. The molecule has 1 unspecified atom stereocenters. The molecule has 1 aromatic heterocycles. The number of imidazole rings is 1. The van der Waals surface area contributed by atoms with E-state index in [1.807, 2.05) is 6.20 Å². The van der Waals surface area contributed by atoms with E-state index < -0.39 is 0 Å². The Balaban J connectivity index is 2.19. The van der Waals surface area contributed by atoms with Crippen molar-refractivity contribution in [3.63, 3.8) is 0 Å². The van der Waals surface area contributed by atoms with Crippen LogP contribution in [0, 0.1) is 0 Å². The number of rotatable bonds is 2. The Morgan fingerprint density at radius 2 is 2.57 bits per heavy atom. The van der Waals surface area contributed by atoms with E-state index in [0.717, 1.165) is 37.6 Å². The van der Waals surface area contributed by atoms with E-state index in [9.17, 15) is 0 Å². The molecular weight excluding hydrogens is 178 g/mol. The highest BCUT2D eigenvalue weighted by Gasteiger charge is 2.32. The topological polar surface area (TPSA) is 63.9 Å². The average molecular weight is 195 g/mol. The Bertz CT molecular complexity index is 302. The molecule has 1 aliphatic heterocycles. The van der Waals surface area contributed by atoms with Gasteiger partial charge >= 0.3 is 0 Å². The molecule has 1 saturated heterocycles. The molecule has 1 aromatic rings. The van der Waals surface area contributed by atoms with Gasteiger partial charge in [-0.2, -0.15) is 0 Å². The van der Waals surface area contributed by atoms with Crippen LogP contribution < -0.4 is 5.73 Å². The molecule has 1 fully saturated rings. The normalized spacial score (nSPS) is 27.9. The van der Waals surface area contributed by atoms with Gasteiger partial charge in [0.15, 0.2) is 0 Å². The van der Waals surface area contributed by atoms with Crippen molar-refractivity contribution in [3.8, 4) is 0 Å². The third-order valence-corrected chi connectivity index (χ3v) is 2.86. The maximum atomic E-state index is 5.53. The van der Waals surface area contributed by atoms with Crippen molar-refractivity contribution in [1.29, 1.82) is 0 Å². The third-order valence-electron chi connectivity index (χ3n) is 2.86. The molecular formula is C10H17N3O. The number of H-pyrrole nitrogens is 1. The first-order valence-electron chi connectivity index (χ1n) is 5.07. The number of nitrogens with zero attached hydrogens (tertiary/aromatic N) is 1. The number of hydrogen-bond acceptors (Lipinski definition) is 3. The summed E-state index contributed by atoms with van der Waals surface area (Å²) >= 11 is 0. The fraction of sp³-hybridized carbons (Fsp3) is 0.700. The van der Waals surface area contributed by atoms with Crippen molar-refractivity contribution < 1.29 is 4.74 Å². The second kappa shape index (κ2) is 3.71. The maximum Gasteiger partial charge on any atom is 0.114 e. The second-order valence-electron chi connectivity index (χ2n) is 4.18. The zero-order valence-corrected chi connectivity index (χ0v) is 8.55. The summed E-state index contributed by atoms with van der Waals surface area (Å²) in [6.07, 6.45) is 4.05. The molecule has 4 heteroatoms. The Hall–Kier alpha value is -0.870. The lowest BCUT2D eigenvalue weighted by molar-refractivity contribution is 0.0387. The lowest BCUT2D eigenvalue weighted by Gasteiger charge is -2.31. The molecule has 0 aliphatic carbocycles. The van der Waals surface area contributed by atoms with Gasteiger partial charge in [0, 0.05) is 30.5 Å². The fourth-order valence-electron chi connectivity index (χ4n) is 1.89. The summed E-state index contributed by atoms with van der Waals surface area (Å²) in [6, 6.07) is 0. The smallest absolute Gasteiger partial charge is 0.114 e. The Labute approximate surface area is 83.9 Å². The van der Waals surface area contributed by atoms with Crippen LogP contribution in [0.15, 0.2) is 6.20 Å². The Kier molecular flexibility index (Phi) is 2.56. The second-order valence-corrected chi connectivity index (χ2v) is 4.18. The highest BCUT2D eigenvalue weighted by Crippen LogP contribution is 2.30. The van der Waals surface area contributed by atoms with Crippen LogP contribution in [0.1, 0.15) is 31.3 Å². The monoisotopic (exact) mass is 195 g/mol. The lowest BCUT2D eigenvalue weighted by atomic mass is 9.84. The fourth-order valence-corrected chi connectivity index (χ4v) is 1.89. The summed E-state index contributed by atoms with van der Waals surface area (Å²) in [6.45, 7) is 4.33. The zero-order valence-electron chi connectivity index (χ0n) is 8.55. The summed E-state index contributed by atoms with van der Waals surface area (Å²) in [5.41, 5.74) is 6.57. The minimum absolute atomic E-state index is 0.0473. The Morgan fingerprint density at radius 1 is 1.71 bits per heavy atom. The average Bonchev–Trinajstić information content (AvgIpc) is 2.67. The third kappa shape index (κ3) is 1.67. The summed E-state index contributed by atoms with van der Waals surface area (Å²) in [5, 5.41) is 0. The van der Waals surface area contributed by atoms with Crippen LogP contribution in [0.25, 0.3) is 0 Å². The summed E-state index contributed by atoms with van der Waals surface area (Å²) in [7, 11) is 0. The standard InChI is InChI=1S/C10H17N3O/c1-10(3-2-4-14-7-10)9-12-6-8(5-11)13-9/h6H,2-5,7,11H2,1H3,(H,12,13). The first-order valence-corrected chi connectivity index (χ1v) is 5.07. The number of nitrogens with one attached hydrogen (secondary N) is 1. The highest BCUT2D eigenvalue weighted by molar-refractivity contribution is 5.11. The summed E-state index contributed by atoms with van der Waals surface area (Å²) in [5.74, 6) is 1.01. The van der Waals surface area contributed by atoms with Crippen LogP contribution in [0.2, 0.25) is 0 Å². The van der Waals surface area contributed by atoms with Crippen molar-refractivity contribution in [2.24, 2.45) is 5.73 Å². The predicted octanol–water partition coefficient (Wildman–Crippen LogP) is 0.937. The van der Waals surface area contributed by atoms with Crippen LogP contribution in [0.4, 0.5) is 0 Å². The van der Waals surface area contributed by atoms with Crippen molar-refractivity contribution in [2.75, 3.05) is 13.2 Å². The number of aromatic nitrogens is 2. The molecule has 0 bridgehead atoms. The molecule has 14 heavy (non-hydrogen) atoms. The van der Waals surface area contributed by atoms with Gasteiger partial charge in [-0.05, 0) is 12.8 Å². The quantitative estimate of drug-likeness (QED) is 0.738. The van der Waals surface area contributed by atoms with Gasteiger partial charge < -0.3 is 15.5 Å². The van der Waals surface area contributed by atoms with Gasteiger partial charge in [0.25, 0.3) is 0 Å². The molecule has 2 rings (SSSR count). The molecule has 3 N–H and O–H groups in total. The minimum atomic E-state index is 0.0473. The van der Waals surface area contributed by atoms with Gasteiger partial charge in [-0.15, -0.1) is 0 Å². The number of ether oxygens (including phenoxy) is 1. The molecule has 0 amide bonds. The molecule has 1 aliphatic rings. The minimum Gasteiger partial charge on any atom is -0.380 e. The zero-order chi connectivity index (χ0) is 10.0. The SMILES string of the molecule is CC1(c2ncc(CN)[nH]2)CCCOC1. The summed E-state index contributed by atoms with van der Waals surface area (Å²) in [4.78, 5) is 7.62. The van der Waals surface area contributed by atoms with Gasteiger partial charge in [-0.1, -0.05) is 6.92 Å². The van der Waals surface area contributed by atoms with E-state index in [-0.39, 0.29) is 5.41 Å². The number of aromatic amines is 1. The van der Waals surface area contributed by atoms with Gasteiger partial charge in [0.05, 0.1) is 6.61 Å². The van der Waals surface area contributed by atoms with E-state index in [1.165, 1.54) is 0 Å². The first kappa shape index (κ1) is 9.68. The number of hydrogen-bond donors (Lipinski definition) is 2. The molecule has 0 aromatic carbocycles. The van der Waals surface area contributed by atoms with E-state index in [1.54, 1.807) is 0 Å². The van der Waals surface area contributed by atoms with Gasteiger partial charge in [0.2, 0.25) is 0 Å². The van der Waals surface area contributed by atoms with Crippen LogP contribution in [-0.2, 0) is 16.7 Å². The van der Waals surface area contributed by atoms with E-state index in [2.05, 4.69) is 16.9 Å². The molecule has 2 heterocycles. The van der Waals surface area contributed by atoms with Crippen LogP contribution in [0.5, 0.6) is 0 Å². The lowest BCUT2D eigenvalue weighted by Crippen LogP contribution is -2.34. The van der Waals surface area contributed by atoms with Crippen molar-refractivity contribution in [3.05, 3.63) is 17.7 Å². The van der Waals surface area contributed by atoms with Gasteiger partial charge in [-0.25, -0.2) is 4.98 Å². The van der Waals surface area contributed by atoms with E-state index in [4.69, 9.17) is 10.5 Å². The largest absolute Gasteiger partial charge is 0.380 e. The Morgan fingerprint density at radius 3 is 3.14 bits per heavy atom. The van der Waals surface area contributed by atoms with Crippen molar-refractivity contribution >= 4 is 0 Å². The summed E-state index contributed by atoms with van der Waals surface area (Å²) < 4.78 is 5.49. The van der Waals surface area contributed by atoms with Gasteiger partial charge in [0.1, 0.15) is 5.82 Å². The van der Waals surface area contributed by atoms with Crippen LogP contribution >= 0.6 is 0 Å². The maximum absolute atomic E-state index is 5.53. The van der Waals surface area contributed by atoms with E-state index in [0.29, 0.717) is 6.54 Å². The van der Waals surface area contributed by atoms with Crippen LogP contribution in [-0.4, -0.2) is 23.2 Å². The molecule has 4 nitrogen and oxygen atoms in total. The predicted molar refractivity (Wildman–Crippen MR) is 53.9 cm³/mol. The molecule has 0 radical (unpaired) electrons.